The topological polar surface area (TPSA) is 40.5 Å². The summed E-state index contributed by atoms with van der Waals surface area (Å²) in [7, 11) is 0. The fourth-order valence-electron chi connectivity index (χ4n) is 1.79. The lowest BCUT2D eigenvalue weighted by Gasteiger charge is -2.11. The van der Waals surface area contributed by atoms with E-state index in [1.165, 1.54) is 28.8 Å². The second-order valence-corrected chi connectivity index (χ2v) is 4.03. The molecular formula is C14H12F3NO3. The first-order valence-corrected chi connectivity index (χ1v) is 6.11. The smallest absolute Gasteiger partial charge is 0.461 e. The summed E-state index contributed by atoms with van der Waals surface area (Å²) >= 11 is 0. The van der Waals surface area contributed by atoms with Crippen molar-refractivity contribution in [3.63, 3.8) is 0 Å². The molecule has 0 aliphatic carbocycles. The zero-order valence-corrected chi connectivity index (χ0v) is 11.1. The van der Waals surface area contributed by atoms with Crippen molar-refractivity contribution < 1.29 is 27.4 Å². The van der Waals surface area contributed by atoms with Gasteiger partial charge in [-0.15, -0.1) is 13.2 Å². The molecule has 0 bridgehead atoms. The first-order chi connectivity index (χ1) is 9.90. The number of ether oxygens (including phenoxy) is 2. The Bertz CT molecular complexity index is 617. The summed E-state index contributed by atoms with van der Waals surface area (Å²) in [5.41, 5.74) is 0.818. The molecule has 0 atom stereocenters. The lowest BCUT2D eigenvalue weighted by Crippen LogP contribution is -2.17. The Hall–Kier alpha value is -2.44. The number of carbonyl (C=O) groups excluding carboxylic acids is 1. The number of nitrogens with zero attached hydrogens (tertiary/aromatic N) is 1. The van der Waals surface area contributed by atoms with Crippen molar-refractivity contribution in [1.29, 1.82) is 0 Å². The molecule has 0 amide bonds. The first-order valence-electron chi connectivity index (χ1n) is 6.11. The molecule has 0 radical (unpaired) electrons. The second kappa shape index (κ2) is 5.90. The maximum atomic E-state index is 12.1. The van der Waals surface area contributed by atoms with Gasteiger partial charge in [-0.1, -0.05) is 0 Å². The van der Waals surface area contributed by atoms with E-state index in [1.807, 2.05) is 0 Å². The lowest BCUT2D eigenvalue weighted by molar-refractivity contribution is -0.274. The van der Waals surface area contributed by atoms with Crippen LogP contribution in [0, 0.1) is 0 Å². The predicted octanol–water partition coefficient (Wildman–Crippen LogP) is 3.55. The molecule has 1 heterocycles. The van der Waals surface area contributed by atoms with E-state index in [2.05, 4.69) is 4.74 Å². The molecule has 21 heavy (non-hydrogen) atoms. The first kappa shape index (κ1) is 15.0. The van der Waals surface area contributed by atoms with Gasteiger partial charge in [-0.25, -0.2) is 4.79 Å². The number of hydrogen-bond donors (Lipinski definition) is 0. The van der Waals surface area contributed by atoms with Gasteiger partial charge in [-0.3, -0.25) is 0 Å². The molecule has 0 saturated heterocycles. The second-order valence-electron chi connectivity index (χ2n) is 4.03. The molecule has 2 aromatic rings. The molecule has 0 fully saturated rings. The van der Waals surface area contributed by atoms with Crippen molar-refractivity contribution in [2.75, 3.05) is 6.61 Å². The summed E-state index contributed by atoms with van der Waals surface area (Å²) in [5.74, 6) is -0.825. The molecule has 7 heteroatoms. The highest BCUT2D eigenvalue weighted by Crippen LogP contribution is 2.24. The molecule has 2 rings (SSSR count). The Morgan fingerprint density at radius 2 is 1.86 bits per heavy atom. The van der Waals surface area contributed by atoms with Crippen LogP contribution in [-0.2, 0) is 4.74 Å². The van der Waals surface area contributed by atoms with Gasteiger partial charge in [0.05, 0.1) is 6.61 Å². The van der Waals surface area contributed by atoms with Gasteiger partial charge in [0.2, 0.25) is 0 Å². The van der Waals surface area contributed by atoms with Gasteiger partial charge < -0.3 is 14.0 Å². The molecule has 1 aromatic carbocycles. The van der Waals surface area contributed by atoms with Crippen LogP contribution < -0.4 is 4.74 Å². The van der Waals surface area contributed by atoms with Gasteiger partial charge in [-0.05, 0) is 43.3 Å². The van der Waals surface area contributed by atoms with E-state index in [-0.39, 0.29) is 12.4 Å². The molecule has 112 valence electrons. The monoisotopic (exact) mass is 299 g/mol. The SMILES string of the molecule is CCOC(=O)c1cccn1-c1ccc(OC(F)(F)F)cc1. The summed E-state index contributed by atoms with van der Waals surface area (Å²) in [6.45, 7) is 1.93. The van der Waals surface area contributed by atoms with Crippen LogP contribution in [0.4, 0.5) is 13.2 Å². The van der Waals surface area contributed by atoms with E-state index in [0.29, 0.717) is 11.4 Å². The van der Waals surface area contributed by atoms with E-state index in [4.69, 9.17) is 4.74 Å². The summed E-state index contributed by atoms with van der Waals surface area (Å²) in [6.07, 6.45) is -3.11. The fourth-order valence-corrected chi connectivity index (χ4v) is 1.79. The van der Waals surface area contributed by atoms with Crippen molar-refractivity contribution >= 4 is 5.97 Å². The normalized spacial score (nSPS) is 11.2. The Balaban J connectivity index is 2.24. The van der Waals surface area contributed by atoms with Crippen LogP contribution in [0.15, 0.2) is 42.6 Å². The third-order valence-electron chi connectivity index (χ3n) is 2.58. The summed E-state index contributed by atoms with van der Waals surface area (Å²) in [5, 5.41) is 0. The van der Waals surface area contributed by atoms with Gasteiger partial charge in [0.1, 0.15) is 11.4 Å². The lowest BCUT2D eigenvalue weighted by atomic mass is 10.3. The highest BCUT2D eigenvalue weighted by molar-refractivity contribution is 5.88. The standard InChI is InChI=1S/C14H12F3NO3/c1-2-20-13(19)12-4-3-9-18(12)10-5-7-11(8-6-10)21-14(15,16)17/h3-9H,2H2,1H3. The zero-order valence-electron chi connectivity index (χ0n) is 11.1. The Kier molecular flexibility index (Phi) is 4.21. The van der Waals surface area contributed by atoms with Gasteiger partial charge in [-0.2, -0.15) is 0 Å². The van der Waals surface area contributed by atoms with Crippen LogP contribution in [0.2, 0.25) is 0 Å². The average molecular weight is 299 g/mol. The van der Waals surface area contributed by atoms with Crippen molar-refractivity contribution in [1.82, 2.24) is 4.57 Å². The van der Waals surface area contributed by atoms with Crippen LogP contribution in [0.1, 0.15) is 17.4 Å². The largest absolute Gasteiger partial charge is 0.573 e. The van der Waals surface area contributed by atoms with Crippen LogP contribution in [0.5, 0.6) is 5.75 Å². The third-order valence-corrected chi connectivity index (χ3v) is 2.58. The van der Waals surface area contributed by atoms with Gasteiger partial charge >= 0.3 is 12.3 Å². The number of alkyl halides is 3. The molecule has 0 unspecified atom stereocenters. The highest BCUT2D eigenvalue weighted by atomic mass is 19.4. The van der Waals surface area contributed by atoms with E-state index in [0.717, 1.165) is 0 Å². The predicted molar refractivity (Wildman–Crippen MR) is 68.4 cm³/mol. The van der Waals surface area contributed by atoms with Crippen molar-refractivity contribution in [3.05, 3.63) is 48.3 Å². The quantitative estimate of drug-likeness (QED) is 0.811. The van der Waals surface area contributed by atoms with E-state index in [1.54, 1.807) is 25.3 Å². The number of halogens is 3. The van der Waals surface area contributed by atoms with Gasteiger partial charge in [0, 0.05) is 11.9 Å². The Morgan fingerprint density at radius 1 is 1.19 bits per heavy atom. The Labute approximate surface area is 118 Å². The number of benzene rings is 1. The molecule has 0 aliphatic heterocycles. The van der Waals surface area contributed by atoms with E-state index >= 15 is 0 Å². The third kappa shape index (κ3) is 3.77. The van der Waals surface area contributed by atoms with Gasteiger partial charge in [0.15, 0.2) is 0 Å². The van der Waals surface area contributed by atoms with Crippen LogP contribution >= 0.6 is 0 Å². The number of hydrogen-bond acceptors (Lipinski definition) is 3. The van der Waals surface area contributed by atoms with E-state index in [9.17, 15) is 18.0 Å². The molecule has 0 aliphatic rings. The summed E-state index contributed by atoms with van der Waals surface area (Å²) in [4.78, 5) is 11.7. The van der Waals surface area contributed by atoms with Crippen LogP contribution in [-0.4, -0.2) is 23.5 Å². The molecule has 4 nitrogen and oxygen atoms in total. The maximum absolute atomic E-state index is 12.1. The minimum Gasteiger partial charge on any atom is -0.461 e. The average Bonchev–Trinajstić information content (AvgIpc) is 2.87. The molecule has 1 aromatic heterocycles. The summed E-state index contributed by atoms with van der Waals surface area (Å²) in [6, 6.07) is 8.41. The number of esters is 1. The van der Waals surface area contributed by atoms with Crippen molar-refractivity contribution in [2.45, 2.75) is 13.3 Å². The summed E-state index contributed by atoms with van der Waals surface area (Å²) < 4.78 is 46.5. The molecule has 0 spiro atoms. The highest BCUT2D eigenvalue weighted by Gasteiger charge is 2.31. The Morgan fingerprint density at radius 3 is 2.43 bits per heavy atom. The maximum Gasteiger partial charge on any atom is 0.573 e. The molecular weight excluding hydrogens is 287 g/mol. The van der Waals surface area contributed by atoms with Crippen molar-refractivity contribution in [2.24, 2.45) is 0 Å². The number of carbonyl (C=O) groups is 1. The van der Waals surface area contributed by atoms with Crippen LogP contribution in [0.25, 0.3) is 5.69 Å². The number of rotatable bonds is 4. The fraction of sp³-hybridized carbons (Fsp3) is 0.214. The molecule has 0 N–H and O–H groups in total. The minimum absolute atomic E-state index is 0.238. The van der Waals surface area contributed by atoms with Crippen molar-refractivity contribution in [3.8, 4) is 11.4 Å². The van der Waals surface area contributed by atoms with Crippen LogP contribution in [0.3, 0.4) is 0 Å². The number of aromatic nitrogens is 1. The van der Waals surface area contributed by atoms with Gasteiger partial charge in [0.25, 0.3) is 0 Å². The zero-order chi connectivity index (χ0) is 15.5. The minimum atomic E-state index is -4.73. The van der Waals surface area contributed by atoms with E-state index < -0.39 is 12.3 Å². The molecule has 0 saturated carbocycles.